The summed E-state index contributed by atoms with van der Waals surface area (Å²) in [4.78, 5) is 12.5. The molecule has 1 heterocycles. The Kier molecular flexibility index (Phi) is 4.32. The van der Waals surface area contributed by atoms with Gasteiger partial charge in [0.05, 0.1) is 6.61 Å². The molecule has 0 bridgehead atoms. The molecule has 0 aromatic heterocycles. The Balaban J connectivity index is 1.37. The topological polar surface area (TPSA) is 55.8 Å². The van der Waals surface area contributed by atoms with Crippen LogP contribution in [0.5, 0.6) is 5.75 Å². The van der Waals surface area contributed by atoms with E-state index in [1.165, 1.54) is 17.5 Å². The van der Waals surface area contributed by atoms with Gasteiger partial charge in [0.15, 0.2) is 12.1 Å². The van der Waals surface area contributed by atoms with Crippen molar-refractivity contribution < 1.29 is 19.4 Å². The predicted octanol–water partition coefficient (Wildman–Crippen LogP) is 3.99. The molecule has 4 heteroatoms. The van der Waals surface area contributed by atoms with Crippen molar-refractivity contribution in [2.75, 3.05) is 6.61 Å². The summed E-state index contributed by atoms with van der Waals surface area (Å²) < 4.78 is 11.8. The number of hydrogen-bond donors (Lipinski definition) is 1. The van der Waals surface area contributed by atoms with Gasteiger partial charge in [-0.05, 0) is 86.0 Å². The number of aliphatic hydroxyl groups is 1. The number of carbonyl (C=O) groups is 1. The van der Waals surface area contributed by atoms with Crippen LogP contribution in [0.25, 0.3) is 0 Å². The van der Waals surface area contributed by atoms with Gasteiger partial charge in [-0.2, -0.15) is 0 Å². The second kappa shape index (κ2) is 6.59. The van der Waals surface area contributed by atoms with Gasteiger partial charge in [-0.3, -0.25) is 4.79 Å². The zero-order chi connectivity index (χ0) is 18.6. The Hall–Kier alpha value is -1.39. The van der Waals surface area contributed by atoms with Crippen LogP contribution in [0, 0.1) is 17.3 Å². The Morgan fingerprint density at radius 3 is 2.93 bits per heavy atom. The highest BCUT2D eigenvalue weighted by atomic mass is 16.7. The third kappa shape index (κ3) is 2.84. The average Bonchev–Trinajstić information content (AvgIpc) is 2.92. The molecule has 1 aliphatic heterocycles. The van der Waals surface area contributed by atoms with Gasteiger partial charge in [-0.25, -0.2) is 0 Å². The lowest BCUT2D eigenvalue weighted by Crippen LogP contribution is -2.42. The average molecular weight is 370 g/mol. The van der Waals surface area contributed by atoms with Crippen LogP contribution in [-0.4, -0.2) is 29.9 Å². The number of ketones is 1. The van der Waals surface area contributed by atoms with E-state index in [2.05, 4.69) is 25.1 Å². The number of benzene rings is 1. The van der Waals surface area contributed by atoms with Gasteiger partial charge in [-0.1, -0.05) is 13.0 Å². The van der Waals surface area contributed by atoms with Crippen LogP contribution in [0.1, 0.15) is 68.9 Å². The molecule has 0 amide bonds. The Labute approximate surface area is 161 Å². The highest BCUT2D eigenvalue weighted by molar-refractivity contribution is 5.91. The fraction of sp³-hybridized carbons (Fsp3) is 0.696. The van der Waals surface area contributed by atoms with Crippen molar-refractivity contribution in [1.29, 1.82) is 0 Å². The highest BCUT2D eigenvalue weighted by Gasteiger charge is 2.57. The van der Waals surface area contributed by atoms with Gasteiger partial charge in [0.2, 0.25) is 0 Å². The van der Waals surface area contributed by atoms with Gasteiger partial charge in [0.25, 0.3) is 0 Å². The third-order valence-corrected chi connectivity index (χ3v) is 7.84. The molecule has 0 radical (unpaired) electrons. The first-order valence-corrected chi connectivity index (χ1v) is 10.7. The smallest absolute Gasteiger partial charge is 0.199 e. The van der Waals surface area contributed by atoms with Crippen LogP contribution in [0.3, 0.4) is 0 Å². The Bertz CT molecular complexity index is 738. The van der Waals surface area contributed by atoms with Crippen LogP contribution >= 0.6 is 0 Å². The maximum atomic E-state index is 12.5. The monoisotopic (exact) mass is 370 g/mol. The zero-order valence-corrected chi connectivity index (χ0v) is 16.2. The van der Waals surface area contributed by atoms with Crippen molar-refractivity contribution in [3.8, 4) is 5.75 Å². The van der Waals surface area contributed by atoms with E-state index in [1.54, 1.807) is 0 Å². The molecule has 1 aromatic carbocycles. The molecule has 4 nitrogen and oxygen atoms in total. The number of carbonyl (C=O) groups excluding carboxylic acids is 1. The predicted molar refractivity (Wildman–Crippen MR) is 102 cm³/mol. The van der Waals surface area contributed by atoms with Gasteiger partial charge >= 0.3 is 0 Å². The van der Waals surface area contributed by atoms with Crippen molar-refractivity contribution >= 4 is 5.78 Å². The fourth-order valence-corrected chi connectivity index (χ4v) is 6.38. The SMILES string of the molecule is C[C@]12CC[C@@H]3c4ccc(OC5CCCCO5)cc4CC[C@H]3[C@@H]1C[C@@H](O)C2=O. The van der Waals surface area contributed by atoms with Crippen molar-refractivity contribution in [2.24, 2.45) is 17.3 Å². The van der Waals surface area contributed by atoms with E-state index < -0.39 is 6.10 Å². The van der Waals surface area contributed by atoms with E-state index in [9.17, 15) is 9.90 Å². The zero-order valence-electron chi connectivity index (χ0n) is 16.2. The fourth-order valence-electron chi connectivity index (χ4n) is 6.38. The second-order valence-electron chi connectivity index (χ2n) is 9.26. The number of ether oxygens (including phenoxy) is 2. The summed E-state index contributed by atoms with van der Waals surface area (Å²) in [5.41, 5.74) is 2.54. The summed E-state index contributed by atoms with van der Waals surface area (Å²) in [5, 5.41) is 10.2. The van der Waals surface area contributed by atoms with Crippen molar-refractivity contribution in [1.82, 2.24) is 0 Å². The molecular weight excluding hydrogens is 340 g/mol. The van der Waals surface area contributed by atoms with Crippen LogP contribution in [-0.2, 0) is 16.0 Å². The van der Waals surface area contributed by atoms with Crippen molar-refractivity contribution in [3.05, 3.63) is 29.3 Å². The van der Waals surface area contributed by atoms with Gasteiger partial charge < -0.3 is 14.6 Å². The number of aryl methyl sites for hydroxylation is 1. The highest BCUT2D eigenvalue weighted by Crippen LogP contribution is 2.59. The van der Waals surface area contributed by atoms with E-state index in [0.29, 0.717) is 24.2 Å². The number of hydrogen-bond acceptors (Lipinski definition) is 4. The number of Topliss-reactive ketones (excluding diaryl/α,β-unsaturated/α-hetero) is 1. The summed E-state index contributed by atoms with van der Waals surface area (Å²) >= 11 is 0. The quantitative estimate of drug-likeness (QED) is 0.855. The number of rotatable bonds is 2. The molecular formula is C23H30O4. The minimum absolute atomic E-state index is 0.0907. The van der Waals surface area contributed by atoms with Crippen LogP contribution in [0.4, 0.5) is 0 Å². The standard InChI is InChI=1S/C23H30O4/c1-23-10-9-17-16-8-6-15(27-21-4-2-3-11-26-21)12-14(16)5-7-18(17)19(23)13-20(24)22(23)25/h6,8,12,17-21,24H,2-5,7,9-11,13H2,1H3/t17-,18-,19+,20-,21?,23+/m1/s1. The second-order valence-corrected chi connectivity index (χ2v) is 9.26. The van der Waals surface area contributed by atoms with Gasteiger partial charge in [0.1, 0.15) is 11.9 Å². The minimum Gasteiger partial charge on any atom is -0.465 e. The Morgan fingerprint density at radius 2 is 2.11 bits per heavy atom. The van der Waals surface area contributed by atoms with E-state index in [1.807, 2.05) is 0 Å². The summed E-state index contributed by atoms with van der Waals surface area (Å²) in [6.07, 6.45) is 7.19. The molecule has 1 N–H and O–H groups in total. The molecule has 3 aliphatic carbocycles. The lowest BCUT2D eigenvalue weighted by atomic mass is 9.55. The van der Waals surface area contributed by atoms with E-state index in [-0.39, 0.29) is 17.5 Å². The van der Waals surface area contributed by atoms with Crippen LogP contribution < -0.4 is 4.74 Å². The first-order valence-electron chi connectivity index (χ1n) is 10.7. The summed E-state index contributed by atoms with van der Waals surface area (Å²) in [6.45, 7) is 2.90. The molecule has 0 spiro atoms. The maximum absolute atomic E-state index is 12.5. The third-order valence-electron chi connectivity index (χ3n) is 7.84. The van der Waals surface area contributed by atoms with Gasteiger partial charge in [0, 0.05) is 11.8 Å². The molecule has 5 rings (SSSR count). The summed E-state index contributed by atoms with van der Waals surface area (Å²) in [6, 6.07) is 6.56. The maximum Gasteiger partial charge on any atom is 0.199 e. The Morgan fingerprint density at radius 1 is 1.22 bits per heavy atom. The first-order chi connectivity index (χ1) is 13.1. The van der Waals surface area contributed by atoms with Crippen LogP contribution in [0.15, 0.2) is 18.2 Å². The lowest BCUT2D eigenvalue weighted by Gasteiger charge is -2.48. The lowest BCUT2D eigenvalue weighted by molar-refractivity contribution is -0.134. The molecule has 1 unspecified atom stereocenters. The molecule has 6 atom stereocenters. The van der Waals surface area contributed by atoms with Gasteiger partial charge in [-0.15, -0.1) is 0 Å². The molecule has 146 valence electrons. The minimum atomic E-state index is -0.744. The number of aliphatic hydroxyl groups excluding tert-OH is 1. The van der Waals surface area contributed by atoms with E-state index in [4.69, 9.17) is 9.47 Å². The molecule has 1 aromatic rings. The molecule has 2 saturated carbocycles. The largest absolute Gasteiger partial charge is 0.465 e. The molecule has 27 heavy (non-hydrogen) atoms. The van der Waals surface area contributed by atoms with Crippen molar-refractivity contribution in [2.45, 2.75) is 76.6 Å². The summed E-state index contributed by atoms with van der Waals surface area (Å²) in [5.74, 6) is 2.38. The van der Waals surface area contributed by atoms with Crippen LogP contribution in [0.2, 0.25) is 0 Å². The van der Waals surface area contributed by atoms with Crippen molar-refractivity contribution in [3.63, 3.8) is 0 Å². The molecule has 4 aliphatic rings. The first kappa shape index (κ1) is 17.7. The molecule has 1 saturated heterocycles. The normalized spacial score (nSPS) is 40.8. The number of fused-ring (bicyclic) bond motifs is 5. The van der Waals surface area contributed by atoms with E-state index >= 15 is 0 Å². The molecule has 3 fully saturated rings. The van der Waals surface area contributed by atoms with E-state index in [0.717, 1.165) is 50.9 Å². The summed E-state index contributed by atoms with van der Waals surface area (Å²) in [7, 11) is 0.